The van der Waals surface area contributed by atoms with E-state index in [1.54, 1.807) is 12.3 Å². The van der Waals surface area contributed by atoms with Crippen molar-refractivity contribution in [2.75, 3.05) is 19.6 Å². The van der Waals surface area contributed by atoms with Gasteiger partial charge in [0.05, 0.1) is 6.54 Å². The topological polar surface area (TPSA) is 71.2 Å². The Balaban J connectivity index is 1.51. The smallest absolute Gasteiger partial charge is 0.234 e. The van der Waals surface area contributed by atoms with Gasteiger partial charge in [-0.3, -0.25) is 14.7 Å². The molecule has 28 heavy (non-hydrogen) atoms. The van der Waals surface area contributed by atoms with Crippen LogP contribution in [0, 0.1) is 5.82 Å². The van der Waals surface area contributed by atoms with Gasteiger partial charge in [-0.2, -0.15) is 0 Å². The summed E-state index contributed by atoms with van der Waals surface area (Å²) in [7, 11) is 0. The van der Waals surface area contributed by atoms with Crippen LogP contribution in [0.2, 0.25) is 0 Å². The average molecular weight is 382 g/mol. The molecule has 2 aliphatic rings. The first kappa shape index (κ1) is 19.0. The van der Waals surface area contributed by atoms with E-state index in [1.807, 2.05) is 18.3 Å². The first-order chi connectivity index (χ1) is 13.6. The third-order valence-corrected chi connectivity index (χ3v) is 5.92. The van der Waals surface area contributed by atoms with E-state index in [1.165, 1.54) is 6.07 Å². The lowest BCUT2D eigenvalue weighted by Gasteiger charge is -2.35. The van der Waals surface area contributed by atoms with Gasteiger partial charge in [-0.1, -0.05) is 12.1 Å². The summed E-state index contributed by atoms with van der Waals surface area (Å²) in [6.45, 7) is 2.04. The van der Waals surface area contributed by atoms with Gasteiger partial charge in [0.15, 0.2) is 0 Å². The third-order valence-electron chi connectivity index (χ3n) is 5.92. The first-order valence-corrected chi connectivity index (χ1v) is 10.0. The van der Waals surface area contributed by atoms with E-state index in [-0.39, 0.29) is 29.7 Å². The molecule has 0 spiro atoms. The zero-order valence-corrected chi connectivity index (χ0v) is 16.0. The summed E-state index contributed by atoms with van der Waals surface area (Å²) in [5, 5.41) is 3.25. The molecule has 0 saturated carbocycles. The Morgan fingerprint density at radius 3 is 2.96 bits per heavy atom. The Kier molecular flexibility index (Phi) is 5.69. The van der Waals surface area contributed by atoms with Gasteiger partial charge in [-0.15, -0.1) is 0 Å². The fraction of sp³-hybridized carbons (Fsp3) is 0.455. The maximum atomic E-state index is 13.7. The van der Waals surface area contributed by atoms with E-state index in [9.17, 15) is 9.18 Å². The van der Waals surface area contributed by atoms with Crippen LogP contribution in [0.15, 0.2) is 42.7 Å². The van der Waals surface area contributed by atoms with Crippen molar-refractivity contribution in [1.82, 2.24) is 15.2 Å². The standard InChI is InChI=1S/C22H27FN4O/c23-17-4-5-19-16(11-17)3-6-21(20(19)10-15-2-1-8-25-12-15)26-22(28)14-27-9-7-18(24)13-27/h1-2,4-5,8,11-12,18,20-21H,3,6-7,9-10,13-14,24H2,(H,26,28)/t18-,20+,21-/m0/s1. The van der Waals surface area contributed by atoms with Gasteiger partial charge in [-0.25, -0.2) is 4.39 Å². The molecule has 1 amide bonds. The van der Waals surface area contributed by atoms with Crippen LogP contribution in [0.4, 0.5) is 4.39 Å². The van der Waals surface area contributed by atoms with Crippen molar-refractivity contribution in [1.29, 1.82) is 0 Å². The zero-order valence-electron chi connectivity index (χ0n) is 16.0. The Labute approximate surface area is 165 Å². The quantitative estimate of drug-likeness (QED) is 0.830. The number of carbonyl (C=O) groups is 1. The second kappa shape index (κ2) is 8.37. The number of carbonyl (C=O) groups excluding carboxylic acids is 1. The van der Waals surface area contributed by atoms with Crippen LogP contribution in [0.5, 0.6) is 0 Å². The lowest BCUT2D eigenvalue weighted by atomic mass is 9.76. The number of aromatic nitrogens is 1. The monoisotopic (exact) mass is 382 g/mol. The molecule has 1 aromatic heterocycles. The van der Waals surface area contributed by atoms with Crippen molar-refractivity contribution < 1.29 is 9.18 Å². The molecular formula is C22H27FN4O. The molecule has 2 heterocycles. The summed E-state index contributed by atoms with van der Waals surface area (Å²) in [6, 6.07) is 9.21. The number of hydrogen-bond donors (Lipinski definition) is 2. The van der Waals surface area contributed by atoms with Gasteiger partial charge in [0, 0.05) is 43.5 Å². The highest BCUT2D eigenvalue weighted by Crippen LogP contribution is 2.35. The molecule has 0 radical (unpaired) electrons. The molecule has 148 valence electrons. The molecule has 6 heteroatoms. The molecule has 1 aromatic carbocycles. The van der Waals surface area contributed by atoms with Crippen molar-refractivity contribution in [2.24, 2.45) is 5.73 Å². The highest BCUT2D eigenvalue weighted by atomic mass is 19.1. The third kappa shape index (κ3) is 4.39. The van der Waals surface area contributed by atoms with Gasteiger partial charge in [-0.05, 0) is 60.6 Å². The van der Waals surface area contributed by atoms with E-state index in [4.69, 9.17) is 5.73 Å². The highest BCUT2D eigenvalue weighted by molar-refractivity contribution is 5.78. The fourth-order valence-electron chi connectivity index (χ4n) is 4.54. The number of nitrogens with two attached hydrogens (primary N) is 1. The number of hydrogen-bond acceptors (Lipinski definition) is 4. The normalized spacial score (nSPS) is 24.7. The predicted octanol–water partition coefficient (Wildman–Crippen LogP) is 2.01. The number of nitrogens with one attached hydrogen (secondary N) is 1. The van der Waals surface area contributed by atoms with Crippen LogP contribution in [-0.2, 0) is 17.6 Å². The number of rotatable bonds is 5. The van der Waals surface area contributed by atoms with Crippen molar-refractivity contribution in [3.8, 4) is 0 Å². The summed E-state index contributed by atoms with van der Waals surface area (Å²) in [6.07, 6.45) is 6.92. The predicted molar refractivity (Wildman–Crippen MR) is 106 cm³/mol. The number of aryl methyl sites for hydroxylation is 1. The minimum atomic E-state index is -0.202. The minimum Gasteiger partial charge on any atom is -0.352 e. The Hall–Kier alpha value is -2.31. The Bertz CT molecular complexity index is 829. The van der Waals surface area contributed by atoms with Gasteiger partial charge in [0.1, 0.15) is 5.82 Å². The molecule has 1 saturated heterocycles. The summed E-state index contributed by atoms with van der Waals surface area (Å²) in [4.78, 5) is 19.0. The number of halogens is 1. The van der Waals surface area contributed by atoms with E-state index in [2.05, 4.69) is 21.3 Å². The zero-order chi connectivity index (χ0) is 19.5. The van der Waals surface area contributed by atoms with Gasteiger partial charge >= 0.3 is 0 Å². The molecule has 0 bridgehead atoms. The van der Waals surface area contributed by atoms with Crippen molar-refractivity contribution in [2.45, 2.75) is 43.7 Å². The van der Waals surface area contributed by atoms with Gasteiger partial charge in [0.25, 0.3) is 0 Å². The molecule has 4 rings (SSSR count). The fourth-order valence-corrected chi connectivity index (χ4v) is 4.54. The van der Waals surface area contributed by atoms with Gasteiger partial charge in [0.2, 0.25) is 5.91 Å². The van der Waals surface area contributed by atoms with E-state index < -0.39 is 0 Å². The number of nitrogens with zero attached hydrogens (tertiary/aromatic N) is 2. The van der Waals surface area contributed by atoms with Crippen LogP contribution >= 0.6 is 0 Å². The number of amides is 1. The Morgan fingerprint density at radius 1 is 1.32 bits per heavy atom. The van der Waals surface area contributed by atoms with Crippen molar-refractivity contribution in [3.05, 3.63) is 65.2 Å². The molecule has 1 aliphatic heterocycles. The maximum Gasteiger partial charge on any atom is 0.234 e. The largest absolute Gasteiger partial charge is 0.352 e. The maximum absolute atomic E-state index is 13.7. The average Bonchev–Trinajstić information content (AvgIpc) is 3.09. The molecule has 5 nitrogen and oxygen atoms in total. The van der Waals surface area contributed by atoms with Crippen molar-refractivity contribution >= 4 is 5.91 Å². The number of fused-ring (bicyclic) bond motifs is 1. The van der Waals surface area contributed by atoms with Crippen molar-refractivity contribution in [3.63, 3.8) is 0 Å². The second-order valence-electron chi connectivity index (χ2n) is 8.01. The SMILES string of the molecule is N[C@H]1CCN(CC(=O)N[C@H]2CCc3cc(F)ccc3[C@H]2Cc2cccnc2)C1. The molecule has 0 unspecified atom stereocenters. The highest BCUT2D eigenvalue weighted by Gasteiger charge is 2.32. The van der Waals surface area contributed by atoms with Crippen LogP contribution < -0.4 is 11.1 Å². The Morgan fingerprint density at radius 2 is 2.21 bits per heavy atom. The number of pyridine rings is 1. The first-order valence-electron chi connectivity index (χ1n) is 10.0. The molecule has 1 aliphatic carbocycles. The molecular weight excluding hydrogens is 355 g/mol. The van der Waals surface area contributed by atoms with E-state index >= 15 is 0 Å². The van der Waals surface area contributed by atoms with Crippen LogP contribution in [0.25, 0.3) is 0 Å². The second-order valence-corrected chi connectivity index (χ2v) is 8.01. The lowest BCUT2D eigenvalue weighted by Crippen LogP contribution is -2.46. The minimum absolute atomic E-state index is 0.0296. The van der Waals surface area contributed by atoms with Crippen LogP contribution in [-0.4, -0.2) is 47.5 Å². The lowest BCUT2D eigenvalue weighted by molar-refractivity contribution is -0.123. The summed E-state index contributed by atoms with van der Waals surface area (Å²) >= 11 is 0. The van der Waals surface area contributed by atoms with E-state index in [0.717, 1.165) is 55.5 Å². The summed E-state index contributed by atoms with van der Waals surface area (Å²) in [5.41, 5.74) is 9.24. The molecule has 3 N–H and O–H groups in total. The van der Waals surface area contributed by atoms with Crippen LogP contribution in [0.1, 0.15) is 35.4 Å². The summed E-state index contributed by atoms with van der Waals surface area (Å²) in [5.74, 6) is -0.0501. The summed E-state index contributed by atoms with van der Waals surface area (Å²) < 4.78 is 13.7. The molecule has 2 aromatic rings. The molecule has 3 atom stereocenters. The number of likely N-dealkylation sites (tertiary alicyclic amines) is 1. The van der Waals surface area contributed by atoms with Gasteiger partial charge < -0.3 is 11.1 Å². The molecule has 1 fully saturated rings. The van der Waals surface area contributed by atoms with Crippen LogP contribution in [0.3, 0.4) is 0 Å². The number of benzene rings is 1. The van der Waals surface area contributed by atoms with E-state index in [0.29, 0.717) is 6.54 Å².